The monoisotopic (exact) mass is 504 g/mol. The van der Waals surface area contributed by atoms with Crippen molar-refractivity contribution in [1.29, 1.82) is 0 Å². The van der Waals surface area contributed by atoms with Gasteiger partial charge < -0.3 is 20.1 Å². The minimum absolute atomic E-state index is 0.271. The van der Waals surface area contributed by atoms with Gasteiger partial charge in [0.1, 0.15) is 12.4 Å². The summed E-state index contributed by atoms with van der Waals surface area (Å²) in [6.45, 7) is 0.287. The molecular weight excluding hydrogens is 486 g/mol. The SMILES string of the molecule is COc1cc(/C=C2\SC(Nc3ccccc3F)NC2=O)cc(Cl)c1OCc1ccc(Cl)cc1. The predicted molar refractivity (Wildman–Crippen MR) is 131 cm³/mol. The lowest BCUT2D eigenvalue weighted by Crippen LogP contribution is -2.31. The number of carbonyl (C=O) groups excluding carboxylic acids is 1. The van der Waals surface area contributed by atoms with Gasteiger partial charge in [-0.25, -0.2) is 4.39 Å². The highest BCUT2D eigenvalue weighted by Crippen LogP contribution is 2.39. The van der Waals surface area contributed by atoms with Gasteiger partial charge in [0.2, 0.25) is 0 Å². The first-order valence-corrected chi connectivity index (χ1v) is 11.5. The number of amides is 1. The first-order valence-electron chi connectivity index (χ1n) is 9.88. The molecule has 170 valence electrons. The average molecular weight is 505 g/mol. The molecule has 0 aliphatic carbocycles. The van der Waals surface area contributed by atoms with E-state index in [2.05, 4.69) is 10.6 Å². The van der Waals surface area contributed by atoms with Crippen molar-refractivity contribution in [2.75, 3.05) is 12.4 Å². The third kappa shape index (κ3) is 5.74. The zero-order chi connectivity index (χ0) is 23.4. The summed E-state index contributed by atoms with van der Waals surface area (Å²) in [6.07, 6.45) is 1.69. The fraction of sp³-hybridized carbons (Fsp3) is 0.125. The van der Waals surface area contributed by atoms with E-state index in [1.807, 2.05) is 12.1 Å². The number of hydrogen-bond acceptors (Lipinski definition) is 5. The third-order valence-corrected chi connectivity index (χ3v) is 6.30. The van der Waals surface area contributed by atoms with Crippen molar-refractivity contribution in [3.8, 4) is 11.5 Å². The average Bonchev–Trinajstić information content (AvgIpc) is 3.14. The molecule has 5 nitrogen and oxygen atoms in total. The number of nitrogens with one attached hydrogen (secondary N) is 2. The Labute approximate surface area is 204 Å². The number of carbonyl (C=O) groups is 1. The Morgan fingerprint density at radius 3 is 2.64 bits per heavy atom. The number of thioether (sulfide) groups is 1. The molecule has 1 saturated heterocycles. The Hall–Kier alpha value is -2.87. The number of methoxy groups -OCH3 is 1. The minimum atomic E-state index is -0.500. The van der Waals surface area contributed by atoms with E-state index in [0.717, 1.165) is 5.56 Å². The molecule has 1 atom stereocenters. The zero-order valence-electron chi connectivity index (χ0n) is 17.4. The fourth-order valence-corrected chi connectivity index (χ4v) is 4.51. The molecule has 1 aliphatic heterocycles. The molecule has 33 heavy (non-hydrogen) atoms. The quantitative estimate of drug-likeness (QED) is 0.368. The summed E-state index contributed by atoms with van der Waals surface area (Å²) >= 11 is 13.6. The van der Waals surface area contributed by atoms with Crippen molar-refractivity contribution in [3.63, 3.8) is 0 Å². The Morgan fingerprint density at radius 2 is 1.91 bits per heavy atom. The largest absolute Gasteiger partial charge is 0.493 e. The maximum absolute atomic E-state index is 13.9. The summed E-state index contributed by atoms with van der Waals surface area (Å²) in [5.41, 5.74) is 1.40. The van der Waals surface area contributed by atoms with Crippen molar-refractivity contribution in [1.82, 2.24) is 5.32 Å². The molecule has 0 spiro atoms. The Balaban J connectivity index is 1.49. The predicted octanol–water partition coefficient (Wildman–Crippen LogP) is 6.32. The van der Waals surface area contributed by atoms with Gasteiger partial charge in [0.15, 0.2) is 17.0 Å². The van der Waals surface area contributed by atoms with Gasteiger partial charge in [-0.15, -0.1) is 0 Å². The highest BCUT2D eigenvalue weighted by atomic mass is 35.5. The summed E-state index contributed by atoms with van der Waals surface area (Å²) < 4.78 is 25.2. The molecule has 1 fully saturated rings. The van der Waals surface area contributed by atoms with E-state index in [-0.39, 0.29) is 12.5 Å². The van der Waals surface area contributed by atoms with Gasteiger partial charge >= 0.3 is 0 Å². The number of rotatable bonds is 7. The van der Waals surface area contributed by atoms with Crippen molar-refractivity contribution >= 4 is 52.6 Å². The molecule has 1 aliphatic rings. The second-order valence-electron chi connectivity index (χ2n) is 7.05. The number of para-hydroxylation sites is 1. The van der Waals surface area contributed by atoms with E-state index < -0.39 is 11.3 Å². The fourth-order valence-electron chi connectivity index (χ4n) is 3.14. The second kappa shape index (κ2) is 10.4. The number of hydrogen-bond donors (Lipinski definition) is 2. The normalized spacial score (nSPS) is 16.5. The molecule has 0 aromatic heterocycles. The molecular formula is C24H19Cl2FN2O3S. The number of anilines is 1. The van der Waals surface area contributed by atoms with Crippen LogP contribution in [0.15, 0.2) is 65.6 Å². The molecule has 9 heteroatoms. The van der Waals surface area contributed by atoms with Gasteiger partial charge in [-0.2, -0.15) is 0 Å². The van der Waals surface area contributed by atoms with E-state index in [0.29, 0.717) is 37.7 Å². The highest BCUT2D eigenvalue weighted by Gasteiger charge is 2.28. The van der Waals surface area contributed by atoms with Crippen molar-refractivity contribution < 1.29 is 18.7 Å². The van der Waals surface area contributed by atoms with Crippen LogP contribution in [0.3, 0.4) is 0 Å². The molecule has 0 radical (unpaired) electrons. The molecule has 1 unspecified atom stereocenters. The van der Waals surface area contributed by atoms with Gasteiger partial charge in [0.05, 0.1) is 22.7 Å². The van der Waals surface area contributed by atoms with Gasteiger partial charge in [-0.05, 0) is 53.6 Å². The van der Waals surface area contributed by atoms with Crippen LogP contribution in [0, 0.1) is 5.82 Å². The van der Waals surface area contributed by atoms with E-state index in [9.17, 15) is 9.18 Å². The summed E-state index contributed by atoms with van der Waals surface area (Å²) in [7, 11) is 1.52. The van der Waals surface area contributed by atoms with Crippen LogP contribution in [0.25, 0.3) is 6.08 Å². The maximum atomic E-state index is 13.9. The van der Waals surface area contributed by atoms with Crippen LogP contribution in [0.4, 0.5) is 10.1 Å². The molecule has 3 aromatic carbocycles. The van der Waals surface area contributed by atoms with E-state index >= 15 is 0 Å². The van der Waals surface area contributed by atoms with Crippen molar-refractivity contribution in [2.24, 2.45) is 0 Å². The number of halogens is 3. The Kier molecular flexibility index (Phi) is 7.33. The number of benzene rings is 3. The van der Waals surface area contributed by atoms with Gasteiger partial charge in [0, 0.05) is 5.02 Å². The van der Waals surface area contributed by atoms with E-state index in [1.54, 1.807) is 48.5 Å². The molecule has 3 aromatic rings. The third-order valence-electron chi connectivity index (χ3n) is 4.74. The van der Waals surface area contributed by atoms with Crippen LogP contribution in [-0.4, -0.2) is 18.5 Å². The Bertz CT molecular complexity index is 1200. The van der Waals surface area contributed by atoms with Crippen molar-refractivity contribution in [3.05, 3.63) is 92.6 Å². The lowest BCUT2D eigenvalue weighted by atomic mass is 10.1. The highest BCUT2D eigenvalue weighted by molar-refractivity contribution is 8.05. The standard InChI is InChI=1S/C24H19Cl2FN2O3S/c1-31-20-11-15(10-17(26)22(20)32-13-14-6-8-16(25)9-7-14)12-21-23(30)29-24(33-21)28-19-5-3-2-4-18(19)27/h2-12,24,28H,13H2,1H3,(H,29,30)/b21-12-. The van der Waals surface area contributed by atoms with Crippen LogP contribution >= 0.6 is 35.0 Å². The molecule has 1 amide bonds. The van der Waals surface area contributed by atoms with Gasteiger partial charge in [-0.1, -0.05) is 59.2 Å². The first kappa shape index (κ1) is 23.3. The summed E-state index contributed by atoms with van der Waals surface area (Å²) in [5, 5.41) is 6.74. The maximum Gasteiger partial charge on any atom is 0.260 e. The molecule has 0 saturated carbocycles. The van der Waals surface area contributed by atoms with Crippen LogP contribution in [0.1, 0.15) is 11.1 Å². The van der Waals surface area contributed by atoms with Gasteiger partial charge in [-0.3, -0.25) is 4.79 Å². The van der Waals surface area contributed by atoms with Crippen LogP contribution < -0.4 is 20.1 Å². The smallest absolute Gasteiger partial charge is 0.260 e. The van der Waals surface area contributed by atoms with Crippen LogP contribution in [-0.2, 0) is 11.4 Å². The molecule has 2 N–H and O–H groups in total. The molecule has 0 bridgehead atoms. The van der Waals surface area contributed by atoms with Crippen LogP contribution in [0.5, 0.6) is 11.5 Å². The van der Waals surface area contributed by atoms with Gasteiger partial charge in [0.25, 0.3) is 5.91 Å². The second-order valence-corrected chi connectivity index (χ2v) is 9.04. The van der Waals surface area contributed by atoms with Crippen LogP contribution in [0.2, 0.25) is 10.0 Å². The first-order chi connectivity index (χ1) is 15.9. The van der Waals surface area contributed by atoms with Crippen molar-refractivity contribution in [2.45, 2.75) is 12.1 Å². The minimum Gasteiger partial charge on any atom is -0.493 e. The summed E-state index contributed by atoms with van der Waals surface area (Å²) in [5.74, 6) is 0.175. The lowest BCUT2D eigenvalue weighted by Gasteiger charge is -2.14. The summed E-state index contributed by atoms with van der Waals surface area (Å²) in [4.78, 5) is 12.9. The molecule has 1 heterocycles. The summed E-state index contributed by atoms with van der Waals surface area (Å²) in [6, 6.07) is 17.0. The lowest BCUT2D eigenvalue weighted by molar-refractivity contribution is -0.116. The van der Waals surface area contributed by atoms with E-state index in [4.69, 9.17) is 32.7 Å². The topological polar surface area (TPSA) is 59.6 Å². The Morgan fingerprint density at radius 1 is 1.15 bits per heavy atom. The van der Waals surface area contributed by atoms with E-state index in [1.165, 1.54) is 24.9 Å². The number of ether oxygens (including phenoxy) is 2. The zero-order valence-corrected chi connectivity index (χ0v) is 19.7. The molecule has 4 rings (SSSR count).